The van der Waals surface area contributed by atoms with Crippen molar-refractivity contribution in [2.45, 2.75) is 26.3 Å². The third-order valence-electron chi connectivity index (χ3n) is 4.22. The smallest absolute Gasteiger partial charge is 0.329 e. The van der Waals surface area contributed by atoms with E-state index in [1.807, 2.05) is 42.5 Å². The summed E-state index contributed by atoms with van der Waals surface area (Å²) < 4.78 is 0. The van der Waals surface area contributed by atoms with E-state index in [9.17, 15) is 14.7 Å². The average molecular weight is 311 g/mol. The average Bonchev–Trinajstić information content (AvgIpc) is 2.52. The minimum Gasteiger partial charge on any atom is -0.480 e. The number of carboxylic acids is 1. The zero-order chi connectivity index (χ0) is 17.0. The highest BCUT2D eigenvalue weighted by Gasteiger charge is 2.37. The Balaban J connectivity index is 2.22. The Bertz CT molecular complexity index is 759. The third kappa shape index (κ3) is 3.59. The molecule has 2 N–H and O–H groups in total. The molecule has 0 spiro atoms. The summed E-state index contributed by atoms with van der Waals surface area (Å²) in [6.45, 7) is 5.05. The second kappa shape index (κ2) is 6.65. The zero-order valence-corrected chi connectivity index (χ0v) is 13.5. The minimum absolute atomic E-state index is 0.227. The van der Waals surface area contributed by atoms with Crippen LogP contribution in [0.15, 0.2) is 48.5 Å². The first-order chi connectivity index (χ1) is 10.8. The van der Waals surface area contributed by atoms with Crippen LogP contribution in [0.25, 0.3) is 16.8 Å². The number of carboxylic acid groups (broad SMARTS) is 1. The van der Waals surface area contributed by atoms with E-state index in [0.29, 0.717) is 0 Å². The first kappa shape index (κ1) is 16.7. The molecule has 0 saturated carbocycles. The first-order valence-corrected chi connectivity index (χ1v) is 7.56. The van der Waals surface area contributed by atoms with E-state index in [-0.39, 0.29) is 5.92 Å². The Hall–Kier alpha value is -2.62. The fourth-order valence-corrected chi connectivity index (χ4v) is 2.30. The van der Waals surface area contributed by atoms with Crippen molar-refractivity contribution in [2.75, 3.05) is 0 Å². The molecule has 120 valence electrons. The largest absolute Gasteiger partial charge is 0.480 e. The SMILES string of the molecule is CC(C)C(C)(NC(=O)C=Cc1cccc2ccccc12)C(=O)O. The van der Waals surface area contributed by atoms with Crippen molar-refractivity contribution in [3.05, 3.63) is 54.1 Å². The highest BCUT2D eigenvalue weighted by atomic mass is 16.4. The summed E-state index contributed by atoms with van der Waals surface area (Å²) in [7, 11) is 0. The fourth-order valence-electron chi connectivity index (χ4n) is 2.30. The van der Waals surface area contributed by atoms with E-state index >= 15 is 0 Å². The highest BCUT2D eigenvalue weighted by Crippen LogP contribution is 2.20. The van der Waals surface area contributed by atoms with Crippen molar-refractivity contribution in [1.29, 1.82) is 0 Å². The molecule has 0 heterocycles. The Morgan fingerprint density at radius 2 is 1.78 bits per heavy atom. The lowest BCUT2D eigenvalue weighted by molar-refractivity contribution is -0.148. The molecule has 2 rings (SSSR count). The molecular formula is C19H21NO3. The second-order valence-electron chi connectivity index (χ2n) is 6.05. The van der Waals surface area contributed by atoms with Crippen molar-refractivity contribution in [3.63, 3.8) is 0 Å². The quantitative estimate of drug-likeness (QED) is 0.831. The lowest BCUT2D eigenvalue weighted by atomic mass is 9.88. The van der Waals surface area contributed by atoms with Crippen LogP contribution in [0, 0.1) is 5.92 Å². The van der Waals surface area contributed by atoms with Gasteiger partial charge < -0.3 is 10.4 Å². The summed E-state index contributed by atoms with van der Waals surface area (Å²) >= 11 is 0. The summed E-state index contributed by atoms with van der Waals surface area (Å²) in [5.41, 5.74) is -0.375. The van der Waals surface area contributed by atoms with Gasteiger partial charge in [0, 0.05) is 6.08 Å². The maximum Gasteiger partial charge on any atom is 0.329 e. The lowest BCUT2D eigenvalue weighted by Gasteiger charge is -2.29. The Morgan fingerprint density at radius 1 is 1.13 bits per heavy atom. The highest BCUT2D eigenvalue weighted by molar-refractivity contribution is 5.98. The molecule has 4 nitrogen and oxygen atoms in total. The number of carbonyl (C=O) groups excluding carboxylic acids is 1. The fraction of sp³-hybridized carbons (Fsp3) is 0.263. The molecule has 0 aromatic heterocycles. The molecule has 23 heavy (non-hydrogen) atoms. The number of aliphatic carboxylic acids is 1. The van der Waals surface area contributed by atoms with Crippen LogP contribution < -0.4 is 5.32 Å². The summed E-state index contributed by atoms with van der Waals surface area (Å²) in [5, 5.41) is 14.1. The molecule has 1 atom stereocenters. The van der Waals surface area contributed by atoms with Crippen molar-refractivity contribution in [2.24, 2.45) is 5.92 Å². The maximum absolute atomic E-state index is 12.1. The van der Waals surface area contributed by atoms with E-state index in [1.165, 1.54) is 13.0 Å². The van der Waals surface area contributed by atoms with Crippen LogP contribution in [0.5, 0.6) is 0 Å². The first-order valence-electron chi connectivity index (χ1n) is 7.56. The number of hydrogen-bond acceptors (Lipinski definition) is 2. The summed E-state index contributed by atoms with van der Waals surface area (Å²) in [5.74, 6) is -1.69. The molecule has 0 aliphatic carbocycles. The molecule has 2 aromatic rings. The van der Waals surface area contributed by atoms with Crippen molar-refractivity contribution in [1.82, 2.24) is 5.32 Å². The minimum atomic E-state index is -1.29. The van der Waals surface area contributed by atoms with Crippen LogP contribution in [-0.2, 0) is 9.59 Å². The molecule has 1 unspecified atom stereocenters. The van der Waals surface area contributed by atoms with Gasteiger partial charge in [0.2, 0.25) is 5.91 Å². The molecule has 0 saturated heterocycles. The van der Waals surface area contributed by atoms with Crippen LogP contribution in [-0.4, -0.2) is 22.5 Å². The van der Waals surface area contributed by atoms with E-state index < -0.39 is 17.4 Å². The van der Waals surface area contributed by atoms with E-state index in [1.54, 1.807) is 19.9 Å². The van der Waals surface area contributed by atoms with Gasteiger partial charge in [-0.05, 0) is 35.3 Å². The normalized spacial score (nSPS) is 14.1. The van der Waals surface area contributed by atoms with Crippen LogP contribution in [0.1, 0.15) is 26.3 Å². The van der Waals surface area contributed by atoms with E-state index in [0.717, 1.165) is 16.3 Å². The lowest BCUT2D eigenvalue weighted by Crippen LogP contribution is -2.55. The van der Waals surface area contributed by atoms with Gasteiger partial charge >= 0.3 is 5.97 Å². The molecule has 4 heteroatoms. The monoisotopic (exact) mass is 311 g/mol. The number of carbonyl (C=O) groups is 2. The van der Waals surface area contributed by atoms with Gasteiger partial charge in [-0.25, -0.2) is 4.79 Å². The molecule has 0 aliphatic rings. The van der Waals surface area contributed by atoms with Crippen molar-refractivity contribution >= 4 is 28.7 Å². The number of rotatable bonds is 5. The van der Waals surface area contributed by atoms with Gasteiger partial charge in [0.15, 0.2) is 0 Å². The number of amides is 1. The molecular weight excluding hydrogens is 290 g/mol. The van der Waals surface area contributed by atoms with Gasteiger partial charge in [0.1, 0.15) is 5.54 Å². The number of fused-ring (bicyclic) bond motifs is 1. The Labute approximate surface area is 135 Å². The Kier molecular flexibility index (Phi) is 4.84. The van der Waals surface area contributed by atoms with Crippen LogP contribution >= 0.6 is 0 Å². The number of hydrogen-bond donors (Lipinski definition) is 2. The second-order valence-corrected chi connectivity index (χ2v) is 6.05. The van der Waals surface area contributed by atoms with Crippen LogP contribution in [0.2, 0.25) is 0 Å². The van der Waals surface area contributed by atoms with Crippen molar-refractivity contribution in [3.8, 4) is 0 Å². The van der Waals surface area contributed by atoms with E-state index in [4.69, 9.17) is 0 Å². The van der Waals surface area contributed by atoms with Gasteiger partial charge in [-0.15, -0.1) is 0 Å². The van der Waals surface area contributed by atoms with Crippen LogP contribution in [0.4, 0.5) is 0 Å². The van der Waals surface area contributed by atoms with Gasteiger partial charge in [-0.3, -0.25) is 4.79 Å². The van der Waals surface area contributed by atoms with Crippen LogP contribution in [0.3, 0.4) is 0 Å². The zero-order valence-electron chi connectivity index (χ0n) is 13.5. The van der Waals surface area contributed by atoms with Gasteiger partial charge in [-0.1, -0.05) is 56.3 Å². The number of nitrogens with one attached hydrogen (secondary N) is 1. The molecule has 0 aliphatic heterocycles. The Morgan fingerprint density at radius 3 is 2.43 bits per heavy atom. The van der Waals surface area contributed by atoms with Gasteiger partial charge in [0.05, 0.1) is 0 Å². The summed E-state index contributed by atoms with van der Waals surface area (Å²) in [6, 6.07) is 13.8. The van der Waals surface area contributed by atoms with Gasteiger partial charge in [0.25, 0.3) is 0 Å². The predicted molar refractivity (Wildman–Crippen MR) is 92.0 cm³/mol. The maximum atomic E-state index is 12.1. The standard InChI is InChI=1S/C19H21NO3/c1-13(2)19(3,18(22)23)20-17(21)12-11-15-9-6-8-14-7-4-5-10-16(14)15/h4-13H,1-3H3,(H,20,21)(H,22,23). The topological polar surface area (TPSA) is 66.4 Å². The van der Waals surface area contributed by atoms with Gasteiger partial charge in [-0.2, -0.15) is 0 Å². The molecule has 0 fully saturated rings. The van der Waals surface area contributed by atoms with E-state index in [2.05, 4.69) is 5.32 Å². The molecule has 0 bridgehead atoms. The molecule has 2 aromatic carbocycles. The predicted octanol–water partition coefficient (Wildman–Crippen LogP) is 3.47. The summed E-state index contributed by atoms with van der Waals surface area (Å²) in [4.78, 5) is 23.5. The molecule has 0 radical (unpaired) electrons. The summed E-state index contributed by atoms with van der Waals surface area (Å²) in [6.07, 6.45) is 3.09. The third-order valence-corrected chi connectivity index (χ3v) is 4.22. The molecule has 1 amide bonds. The van der Waals surface area contributed by atoms with Crippen molar-refractivity contribution < 1.29 is 14.7 Å². The number of benzene rings is 2.